The topological polar surface area (TPSA) is 33.3 Å². The van der Waals surface area contributed by atoms with Gasteiger partial charge in [-0.25, -0.2) is 0 Å². The summed E-state index contributed by atoms with van der Waals surface area (Å²) >= 11 is 0. The molecule has 0 radical (unpaired) electrons. The van der Waals surface area contributed by atoms with Gasteiger partial charge in [0.2, 0.25) is 0 Å². The lowest BCUT2D eigenvalue weighted by Gasteiger charge is -2.25. The highest BCUT2D eigenvalue weighted by atomic mass is 16.5. The van der Waals surface area contributed by atoms with Gasteiger partial charge >= 0.3 is 0 Å². The van der Waals surface area contributed by atoms with Crippen molar-refractivity contribution >= 4 is 0 Å². The Kier molecular flexibility index (Phi) is 6.89. The molecule has 3 rings (SSSR count). The zero-order valence-corrected chi connectivity index (χ0v) is 15.2. The van der Waals surface area contributed by atoms with Gasteiger partial charge in [-0.15, -0.1) is 0 Å². The number of hydrogen-bond acceptors (Lipinski definition) is 3. The van der Waals surface area contributed by atoms with Crippen LogP contribution in [-0.4, -0.2) is 19.3 Å². The summed E-state index contributed by atoms with van der Waals surface area (Å²) in [6.45, 7) is 0.823. The highest BCUT2D eigenvalue weighted by molar-refractivity contribution is 5.33. The van der Waals surface area contributed by atoms with Crippen LogP contribution in [0.15, 0.2) is 54.6 Å². The highest BCUT2D eigenvalue weighted by Gasteiger charge is 2.19. The van der Waals surface area contributed by atoms with Crippen LogP contribution >= 0.6 is 0 Å². The first-order valence-corrected chi connectivity index (χ1v) is 9.50. The quantitative estimate of drug-likeness (QED) is 0.670. The van der Waals surface area contributed by atoms with Gasteiger partial charge in [-0.2, -0.15) is 0 Å². The molecule has 3 nitrogen and oxygen atoms in total. The molecule has 1 unspecified atom stereocenters. The van der Waals surface area contributed by atoms with Gasteiger partial charge in [0, 0.05) is 18.2 Å². The van der Waals surface area contributed by atoms with E-state index < -0.39 is 0 Å². The van der Waals surface area contributed by atoms with Gasteiger partial charge in [0.1, 0.15) is 5.75 Å². The standard InChI is InChI=1S/C22H30N2O/c1-25-21-14-8-5-11-19(21)17-23-22(24-20-12-6-7-13-20)16-15-18-9-3-2-4-10-18/h2-5,8-11,14,20,22-24H,6-7,12-13,15-17H2,1H3. The molecule has 0 aliphatic heterocycles. The van der Waals surface area contributed by atoms with Crippen molar-refractivity contribution in [2.45, 2.75) is 57.3 Å². The fraction of sp³-hybridized carbons (Fsp3) is 0.455. The van der Waals surface area contributed by atoms with E-state index in [2.05, 4.69) is 53.1 Å². The summed E-state index contributed by atoms with van der Waals surface area (Å²) in [6.07, 6.45) is 7.83. The van der Waals surface area contributed by atoms with Crippen LogP contribution in [0.25, 0.3) is 0 Å². The molecule has 25 heavy (non-hydrogen) atoms. The molecule has 0 spiro atoms. The van der Waals surface area contributed by atoms with E-state index in [-0.39, 0.29) is 0 Å². The zero-order valence-electron chi connectivity index (χ0n) is 15.2. The Morgan fingerprint density at radius 1 is 1.00 bits per heavy atom. The average Bonchev–Trinajstić information content (AvgIpc) is 3.18. The Bertz CT molecular complexity index is 623. The Balaban J connectivity index is 1.58. The highest BCUT2D eigenvalue weighted by Crippen LogP contribution is 2.20. The number of methoxy groups -OCH3 is 1. The number of aryl methyl sites for hydroxylation is 1. The van der Waals surface area contributed by atoms with Crippen molar-refractivity contribution in [2.75, 3.05) is 7.11 Å². The van der Waals surface area contributed by atoms with Gasteiger partial charge < -0.3 is 4.74 Å². The molecule has 0 bridgehead atoms. The second-order valence-electron chi connectivity index (χ2n) is 6.92. The lowest BCUT2D eigenvalue weighted by atomic mass is 10.1. The fourth-order valence-corrected chi connectivity index (χ4v) is 3.66. The fourth-order valence-electron chi connectivity index (χ4n) is 3.66. The first kappa shape index (κ1) is 18.0. The third-order valence-electron chi connectivity index (χ3n) is 5.09. The summed E-state index contributed by atoms with van der Waals surface area (Å²) in [4.78, 5) is 0. The Hall–Kier alpha value is -1.84. The number of benzene rings is 2. The number of ether oxygens (including phenoxy) is 1. The molecule has 3 heteroatoms. The number of nitrogens with one attached hydrogen (secondary N) is 2. The first-order chi connectivity index (χ1) is 12.3. The van der Waals surface area contributed by atoms with Crippen LogP contribution in [0.3, 0.4) is 0 Å². The molecule has 0 aromatic heterocycles. The smallest absolute Gasteiger partial charge is 0.123 e. The Labute approximate surface area is 151 Å². The van der Waals surface area contributed by atoms with Crippen LogP contribution in [0.5, 0.6) is 5.75 Å². The van der Waals surface area contributed by atoms with E-state index in [0.29, 0.717) is 12.2 Å². The average molecular weight is 338 g/mol. The van der Waals surface area contributed by atoms with Crippen molar-refractivity contribution in [3.05, 3.63) is 65.7 Å². The van der Waals surface area contributed by atoms with Gasteiger partial charge in [0.05, 0.1) is 13.3 Å². The van der Waals surface area contributed by atoms with Crippen LogP contribution in [-0.2, 0) is 13.0 Å². The van der Waals surface area contributed by atoms with Crippen molar-refractivity contribution in [3.8, 4) is 5.75 Å². The van der Waals surface area contributed by atoms with Gasteiger partial charge in [-0.1, -0.05) is 61.4 Å². The molecule has 2 aromatic carbocycles. The van der Waals surface area contributed by atoms with E-state index in [1.807, 2.05) is 12.1 Å². The third-order valence-corrected chi connectivity index (χ3v) is 5.09. The predicted octanol–water partition coefficient (Wildman–Crippen LogP) is 4.28. The minimum absolute atomic E-state index is 0.327. The first-order valence-electron chi connectivity index (χ1n) is 9.50. The molecular weight excluding hydrogens is 308 g/mol. The molecule has 0 amide bonds. The molecular formula is C22H30N2O. The molecule has 1 saturated carbocycles. The maximum atomic E-state index is 5.48. The summed E-state index contributed by atoms with van der Waals surface area (Å²) in [5.74, 6) is 0.956. The molecule has 1 aliphatic rings. The van der Waals surface area contributed by atoms with Gasteiger partial charge in [-0.3, -0.25) is 10.6 Å². The summed E-state index contributed by atoms with van der Waals surface area (Å²) in [7, 11) is 1.74. The minimum atomic E-state index is 0.327. The van der Waals surface area contributed by atoms with E-state index in [0.717, 1.165) is 25.1 Å². The van der Waals surface area contributed by atoms with E-state index in [9.17, 15) is 0 Å². The minimum Gasteiger partial charge on any atom is -0.496 e. The van der Waals surface area contributed by atoms with Crippen molar-refractivity contribution < 1.29 is 4.74 Å². The van der Waals surface area contributed by atoms with Gasteiger partial charge in [0.25, 0.3) is 0 Å². The van der Waals surface area contributed by atoms with Gasteiger partial charge in [-0.05, 0) is 37.3 Å². The normalized spacial score (nSPS) is 16.0. The molecule has 1 atom stereocenters. The molecule has 0 saturated heterocycles. The second kappa shape index (κ2) is 9.59. The predicted molar refractivity (Wildman–Crippen MR) is 104 cm³/mol. The zero-order chi connectivity index (χ0) is 17.3. The molecule has 2 N–H and O–H groups in total. The van der Waals surface area contributed by atoms with E-state index >= 15 is 0 Å². The van der Waals surface area contributed by atoms with Gasteiger partial charge in [0.15, 0.2) is 0 Å². The summed E-state index contributed by atoms with van der Waals surface area (Å²) in [5.41, 5.74) is 2.61. The summed E-state index contributed by atoms with van der Waals surface area (Å²) in [6, 6.07) is 19.7. The van der Waals surface area contributed by atoms with Crippen molar-refractivity contribution in [3.63, 3.8) is 0 Å². The van der Waals surface area contributed by atoms with Crippen molar-refractivity contribution in [2.24, 2.45) is 0 Å². The molecule has 1 fully saturated rings. The monoisotopic (exact) mass is 338 g/mol. The largest absolute Gasteiger partial charge is 0.496 e. The van der Waals surface area contributed by atoms with Crippen molar-refractivity contribution in [1.82, 2.24) is 10.6 Å². The second-order valence-corrected chi connectivity index (χ2v) is 6.92. The van der Waals surface area contributed by atoms with Crippen LogP contribution < -0.4 is 15.4 Å². The summed E-state index contributed by atoms with van der Waals surface area (Å²) < 4.78 is 5.48. The Morgan fingerprint density at radius 3 is 2.48 bits per heavy atom. The maximum absolute atomic E-state index is 5.48. The van der Waals surface area contributed by atoms with Crippen molar-refractivity contribution in [1.29, 1.82) is 0 Å². The lowest BCUT2D eigenvalue weighted by molar-refractivity contribution is 0.347. The number of hydrogen-bond donors (Lipinski definition) is 2. The van der Waals surface area contributed by atoms with E-state index in [4.69, 9.17) is 4.74 Å². The SMILES string of the molecule is COc1ccccc1CNC(CCc1ccccc1)NC1CCCC1. The number of rotatable bonds is 9. The molecule has 134 valence electrons. The van der Waals surface area contributed by atoms with Crippen LogP contribution in [0.2, 0.25) is 0 Å². The summed E-state index contributed by atoms with van der Waals surface area (Å²) in [5, 5.41) is 7.56. The molecule has 0 heterocycles. The number of para-hydroxylation sites is 1. The lowest BCUT2D eigenvalue weighted by Crippen LogP contribution is -2.46. The van der Waals surface area contributed by atoms with E-state index in [1.54, 1.807) is 7.11 Å². The van der Waals surface area contributed by atoms with E-state index in [1.165, 1.54) is 36.8 Å². The van der Waals surface area contributed by atoms with Crippen LogP contribution in [0, 0.1) is 0 Å². The maximum Gasteiger partial charge on any atom is 0.123 e. The van der Waals surface area contributed by atoms with Crippen LogP contribution in [0.4, 0.5) is 0 Å². The molecule has 2 aromatic rings. The Morgan fingerprint density at radius 2 is 1.72 bits per heavy atom. The third kappa shape index (κ3) is 5.58. The molecule has 1 aliphatic carbocycles. The van der Waals surface area contributed by atoms with Crippen LogP contribution in [0.1, 0.15) is 43.2 Å².